The van der Waals surface area contributed by atoms with Gasteiger partial charge in [-0.05, 0) is 12.5 Å². The zero-order valence-electron chi connectivity index (χ0n) is 6.20. The van der Waals surface area contributed by atoms with Crippen LogP contribution in [0, 0.1) is 11.3 Å². The van der Waals surface area contributed by atoms with E-state index < -0.39 is 0 Å². The lowest BCUT2D eigenvalue weighted by atomic mass is 10.3. The lowest BCUT2D eigenvalue weighted by Crippen LogP contribution is -1.98. The molecule has 0 spiro atoms. The third-order valence-corrected chi connectivity index (χ3v) is 1.34. The second-order valence-corrected chi connectivity index (χ2v) is 2.27. The third kappa shape index (κ3) is 2.30. The van der Waals surface area contributed by atoms with Gasteiger partial charge in [0.05, 0.1) is 6.07 Å². The highest BCUT2D eigenvalue weighted by atomic mass is 15.3. The quantitative estimate of drug-likeness (QED) is 0.647. The number of rotatable bonds is 3. The first-order valence-corrected chi connectivity index (χ1v) is 3.49. The minimum atomic E-state index is 0.530. The molecule has 0 aliphatic rings. The summed E-state index contributed by atoms with van der Waals surface area (Å²) in [4.78, 5) is 0. The van der Waals surface area contributed by atoms with Crippen molar-refractivity contribution in [2.45, 2.75) is 19.4 Å². The van der Waals surface area contributed by atoms with Gasteiger partial charge < -0.3 is 5.73 Å². The first-order chi connectivity index (χ1) is 5.33. The lowest BCUT2D eigenvalue weighted by Gasteiger charge is -1.95. The number of nitriles is 1. The Hall–Kier alpha value is -1.50. The number of nitrogens with two attached hydrogens (primary N) is 1. The molecule has 1 aromatic rings. The predicted molar refractivity (Wildman–Crippen MR) is 41.5 cm³/mol. The van der Waals surface area contributed by atoms with E-state index in [1.807, 2.05) is 6.20 Å². The van der Waals surface area contributed by atoms with E-state index in [4.69, 9.17) is 11.0 Å². The van der Waals surface area contributed by atoms with Crippen molar-refractivity contribution in [1.82, 2.24) is 9.78 Å². The van der Waals surface area contributed by atoms with E-state index in [0.717, 1.165) is 13.0 Å². The number of aromatic nitrogens is 2. The van der Waals surface area contributed by atoms with Crippen LogP contribution in [0.2, 0.25) is 0 Å². The molecular weight excluding hydrogens is 140 g/mol. The minimum absolute atomic E-state index is 0.530. The van der Waals surface area contributed by atoms with Crippen molar-refractivity contribution in [3.63, 3.8) is 0 Å². The molecule has 0 radical (unpaired) electrons. The van der Waals surface area contributed by atoms with Crippen LogP contribution < -0.4 is 5.73 Å². The summed E-state index contributed by atoms with van der Waals surface area (Å²) in [6.45, 7) is 0.769. The number of hydrogen-bond acceptors (Lipinski definition) is 3. The predicted octanol–water partition coefficient (Wildman–Crippen LogP) is 0.769. The van der Waals surface area contributed by atoms with Crippen LogP contribution in [0.3, 0.4) is 0 Å². The maximum absolute atomic E-state index is 8.25. The summed E-state index contributed by atoms with van der Waals surface area (Å²) in [6.07, 6.45) is 3.21. The van der Waals surface area contributed by atoms with E-state index in [9.17, 15) is 0 Å². The van der Waals surface area contributed by atoms with E-state index in [1.165, 1.54) is 0 Å². The number of anilines is 1. The van der Waals surface area contributed by atoms with Crippen molar-refractivity contribution in [3.05, 3.63) is 12.3 Å². The second kappa shape index (κ2) is 3.62. The van der Waals surface area contributed by atoms with Crippen molar-refractivity contribution in [1.29, 1.82) is 5.26 Å². The SMILES string of the molecule is N#CCCCn1ccc(N)n1. The van der Waals surface area contributed by atoms with E-state index in [1.54, 1.807) is 10.7 Å². The van der Waals surface area contributed by atoms with Gasteiger partial charge in [0, 0.05) is 19.2 Å². The average Bonchev–Trinajstić information content (AvgIpc) is 2.37. The van der Waals surface area contributed by atoms with Gasteiger partial charge in [0.15, 0.2) is 0 Å². The molecule has 4 heteroatoms. The number of hydrogen-bond donors (Lipinski definition) is 1. The van der Waals surface area contributed by atoms with E-state index in [-0.39, 0.29) is 0 Å². The molecule has 11 heavy (non-hydrogen) atoms. The molecule has 0 atom stereocenters. The standard InChI is InChI=1S/C7H10N4/c8-4-1-2-5-11-6-3-7(9)10-11/h3,6H,1-2,5H2,(H2,9,10). The van der Waals surface area contributed by atoms with Crippen LogP contribution in [-0.2, 0) is 6.54 Å². The monoisotopic (exact) mass is 150 g/mol. The highest BCUT2D eigenvalue weighted by molar-refractivity contribution is 5.23. The molecule has 0 aliphatic heterocycles. The Morgan fingerprint density at radius 3 is 3.09 bits per heavy atom. The second-order valence-electron chi connectivity index (χ2n) is 2.27. The van der Waals surface area contributed by atoms with Gasteiger partial charge in [-0.3, -0.25) is 4.68 Å². The van der Waals surface area contributed by atoms with Crippen LogP contribution in [0.1, 0.15) is 12.8 Å². The van der Waals surface area contributed by atoms with E-state index in [0.29, 0.717) is 12.2 Å². The summed E-state index contributed by atoms with van der Waals surface area (Å²) in [6, 6.07) is 3.81. The van der Waals surface area contributed by atoms with Crippen molar-refractivity contribution < 1.29 is 0 Å². The molecule has 0 unspecified atom stereocenters. The van der Waals surface area contributed by atoms with Gasteiger partial charge in [-0.25, -0.2) is 0 Å². The molecule has 58 valence electrons. The molecule has 0 saturated heterocycles. The van der Waals surface area contributed by atoms with Crippen LogP contribution in [0.25, 0.3) is 0 Å². The Morgan fingerprint density at radius 2 is 2.55 bits per heavy atom. The van der Waals surface area contributed by atoms with E-state index >= 15 is 0 Å². The van der Waals surface area contributed by atoms with Crippen LogP contribution in [0.15, 0.2) is 12.3 Å². The van der Waals surface area contributed by atoms with Gasteiger partial charge in [0.2, 0.25) is 0 Å². The summed E-state index contributed by atoms with van der Waals surface area (Å²) in [5, 5.41) is 12.2. The summed E-state index contributed by atoms with van der Waals surface area (Å²) in [5.74, 6) is 0.530. The van der Waals surface area contributed by atoms with Gasteiger partial charge >= 0.3 is 0 Å². The molecule has 0 fully saturated rings. The average molecular weight is 150 g/mol. The normalized spacial score (nSPS) is 9.36. The molecule has 0 saturated carbocycles. The summed E-state index contributed by atoms with van der Waals surface area (Å²) in [5.41, 5.74) is 5.39. The molecule has 1 aromatic heterocycles. The fourth-order valence-corrected chi connectivity index (χ4v) is 0.822. The lowest BCUT2D eigenvalue weighted by molar-refractivity contribution is 0.588. The highest BCUT2D eigenvalue weighted by Crippen LogP contribution is 1.98. The summed E-state index contributed by atoms with van der Waals surface area (Å²) in [7, 11) is 0. The molecule has 0 amide bonds. The molecule has 1 rings (SSSR count). The van der Waals surface area contributed by atoms with Gasteiger partial charge in [-0.1, -0.05) is 0 Å². The highest BCUT2D eigenvalue weighted by Gasteiger charge is 1.92. The maximum atomic E-state index is 8.25. The smallest absolute Gasteiger partial charge is 0.145 e. The van der Waals surface area contributed by atoms with Crippen molar-refractivity contribution in [2.24, 2.45) is 0 Å². The largest absolute Gasteiger partial charge is 0.382 e. The van der Waals surface area contributed by atoms with Crippen LogP contribution in [0.4, 0.5) is 5.82 Å². The molecule has 2 N–H and O–H groups in total. The van der Waals surface area contributed by atoms with Gasteiger partial charge in [-0.15, -0.1) is 0 Å². The fourth-order valence-electron chi connectivity index (χ4n) is 0.822. The number of nitrogens with zero attached hydrogens (tertiary/aromatic N) is 3. The fraction of sp³-hybridized carbons (Fsp3) is 0.429. The van der Waals surface area contributed by atoms with Crippen LogP contribution in [-0.4, -0.2) is 9.78 Å². The Balaban J connectivity index is 2.34. The van der Waals surface area contributed by atoms with Crippen molar-refractivity contribution in [3.8, 4) is 6.07 Å². The topological polar surface area (TPSA) is 67.6 Å². The molecule has 0 aromatic carbocycles. The third-order valence-electron chi connectivity index (χ3n) is 1.34. The van der Waals surface area contributed by atoms with Gasteiger partial charge in [-0.2, -0.15) is 10.4 Å². The zero-order valence-corrected chi connectivity index (χ0v) is 6.20. The maximum Gasteiger partial charge on any atom is 0.145 e. The molecule has 0 aliphatic carbocycles. The van der Waals surface area contributed by atoms with Crippen molar-refractivity contribution >= 4 is 5.82 Å². The molecule has 0 bridgehead atoms. The van der Waals surface area contributed by atoms with Crippen LogP contribution in [0.5, 0.6) is 0 Å². The van der Waals surface area contributed by atoms with E-state index in [2.05, 4.69) is 11.2 Å². The molecule has 4 nitrogen and oxygen atoms in total. The zero-order chi connectivity index (χ0) is 8.10. The Labute approximate surface area is 65.2 Å². The van der Waals surface area contributed by atoms with Crippen LogP contribution >= 0.6 is 0 Å². The van der Waals surface area contributed by atoms with Gasteiger partial charge in [0.25, 0.3) is 0 Å². The summed E-state index contributed by atoms with van der Waals surface area (Å²) < 4.78 is 1.74. The molecular formula is C7H10N4. The minimum Gasteiger partial charge on any atom is -0.382 e. The summed E-state index contributed by atoms with van der Waals surface area (Å²) >= 11 is 0. The Morgan fingerprint density at radius 1 is 1.73 bits per heavy atom. The number of aryl methyl sites for hydroxylation is 1. The number of unbranched alkanes of at least 4 members (excludes halogenated alkanes) is 1. The first kappa shape index (κ1) is 7.61. The van der Waals surface area contributed by atoms with Gasteiger partial charge in [0.1, 0.15) is 5.82 Å². The number of nitrogen functional groups attached to an aromatic ring is 1. The Bertz CT molecular complexity index is 258. The van der Waals surface area contributed by atoms with Crippen molar-refractivity contribution in [2.75, 3.05) is 5.73 Å². The Kier molecular flexibility index (Phi) is 2.50. The molecule has 1 heterocycles. The first-order valence-electron chi connectivity index (χ1n) is 3.49.